The smallest absolute Gasteiger partial charge is 0.245 e. The molecular formula is C20H20BrFN2O4S. The number of anilines is 1. The largest absolute Gasteiger partial charge is 0.371 e. The van der Waals surface area contributed by atoms with E-state index in [1.807, 2.05) is 6.07 Å². The highest BCUT2D eigenvalue weighted by atomic mass is 79.9. The number of fused-ring (bicyclic) bond motifs is 1. The average Bonchev–Trinajstić information content (AvgIpc) is 3.03. The molecule has 2 aliphatic rings. The van der Waals surface area contributed by atoms with Crippen LogP contribution >= 0.6 is 15.9 Å². The summed E-state index contributed by atoms with van der Waals surface area (Å²) in [5.41, 5.74) is 2.02. The Labute approximate surface area is 177 Å². The van der Waals surface area contributed by atoms with Gasteiger partial charge in [0.05, 0.1) is 18.4 Å². The van der Waals surface area contributed by atoms with Crippen LogP contribution in [0.4, 0.5) is 10.1 Å². The minimum Gasteiger partial charge on any atom is -0.371 e. The van der Waals surface area contributed by atoms with Crippen molar-refractivity contribution in [3.8, 4) is 0 Å². The first-order valence-corrected chi connectivity index (χ1v) is 11.5. The summed E-state index contributed by atoms with van der Waals surface area (Å²) in [6.45, 7) is 2.58. The molecule has 0 aliphatic carbocycles. The van der Waals surface area contributed by atoms with Crippen molar-refractivity contribution in [2.45, 2.75) is 31.0 Å². The highest BCUT2D eigenvalue weighted by Crippen LogP contribution is 2.39. The SMILES string of the molecule is CC(=O)N1CCc2cc(Br)cc(S(=O)(=O)N3CC(OCc4cccc(F)c4)C3)c21. The minimum absolute atomic E-state index is 0.137. The summed E-state index contributed by atoms with van der Waals surface area (Å²) in [6.07, 6.45) is 0.369. The molecule has 2 heterocycles. The Hall–Kier alpha value is -1.81. The molecule has 29 heavy (non-hydrogen) atoms. The first kappa shape index (κ1) is 20.5. The topological polar surface area (TPSA) is 66.9 Å². The third-order valence-corrected chi connectivity index (χ3v) is 7.48. The molecule has 0 atom stereocenters. The Bertz CT molecular complexity index is 1070. The number of carbonyl (C=O) groups is 1. The molecular weight excluding hydrogens is 463 g/mol. The van der Waals surface area contributed by atoms with Gasteiger partial charge in [-0.25, -0.2) is 12.8 Å². The Kier molecular flexibility index (Phi) is 5.50. The van der Waals surface area contributed by atoms with Gasteiger partial charge in [0.2, 0.25) is 15.9 Å². The molecule has 2 aromatic rings. The molecule has 1 saturated heterocycles. The fraction of sp³-hybridized carbons (Fsp3) is 0.350. The van der Waals surface area contributed by atoms with Crippen LogP contribution in [0.1, 0.15) is 18.1 Å². The summed E-state index contributed by atoms with van der Waals surface area (Å²) in [6, 6.07) is 9.54. The van der Waals surface area contributed by atoms with Gasteiger partial charge in [-0.05, 0) is 41.8 Å². The summed E-state index contributed by atoms with van der Waals surface area (Å²) in [5.74, 6) is -0.509. The molecule has 0 spiro atoms. The lowest BCUT2D eigenvalue weighted by atomic mass is 10.2. The third-order valence-electron chi connectivity index (χ3n) is 5.18. The summed E-state index contributed by atoms with van der Waals surface area (Å²) in [7, 11) is -3.77. The lowest BCUT2D eigenvalue weighted by Gasteiger charge is -2.38. The van der Waals surface area contributed by atoms with Crippen LogP contribution in [0, 0.1) is 5.82 Å². The van der Waals surface area contributed by atoms with E-state index >= 15 is 0 Å². The molecule has 0 saturated carbocycles. The molecule has 0 N–H and O–H groups in total. The fourth-order valence-electron chi connectivity index (χ4n) is 3.66. The molecule has 1 fully saturated rings. The van der Waals surface area contributed by atoms with Crippen LogP contribution in [0.5, 0.6) is 0 Å². The molecule has 4 rings (SSSR count). The van der Waals surface area contributed by atoms with E-state index in [1.54, 1.807) is 18.2 Å². The third kappa shape index (κ3) is 3.96. The molecule has 154 valence electrons. The van der Waals surface area contributed by atoms with E-state index < -0.39 is 10.0 Å². The molecule has 2 aromatic carbocycles. The van der Waals surface area contributed by atoms with Crippen LogP contribution in [0.2, 0.25) is 0 Å². The van der Waals surface area contributed by atoms with E-state index in [0.29, 0.717) is 28.7 Å². The maximum Gasteiger partial charge on any atom is 0.245 e. The normalized spacial score (nSPS) is 17.3. The number of hydrogen-bond donors (Lipinski definition) is 0. The lowest BCUT2D eigenvalue weighted by molar-refractivity contribution is -0.116. The van der Waals surface area contributed by atoms with Gasteiger partial charge in [0.25, 0.3) is 0 Å². The molecule has 0 aromatic heterocycles. The van der Waals surface area contributed by atoms with E-state index in [9.17, 15) is 17.6 Å². The van der Waals surface area contributed by atoms with E-state index in [4.69, 9.17) is 4.74 Å². The van der Waals surface area contributed by atoms with Gasteiger partial charge in [0.1, 0.15) is 10.7 Å². The van der Waals surface area contributed by atoms with Gasteiger partial charge in [-0.2, -0.15) is 4.31 Å². The number of nitrogens with zero attached hydrogens (tertiary/aromatic N) is 2. The summed E-state index contributed by atoms with van der Waals surface area (Å²) in [5, 5.41) is 0. The number of rotatable bonds is 5. The van der Waals surface area contributed by atoms with Gasteiger partial charge < -0.3 is 9.64 Å². The first-order chi connectivity index (χ1) is 13.8. The highest BCUT2D eigenvalue weighted by Gasteiger charge is 2.41. The van der Waals surface area contributed by atoms with Crippen LogP contribution in [0.25, 0.3) is 0 Å². The van der Waals surface area contributed by atoms with Crippen molar-refractivity contribution in [2.24, 2.45) is 0 Å². The Balaban J connectivity index is 1.49. The zero-order valence-electron chi connectivity index (χ0n) is 15.8. The van der Waals surface area contributed by atoms with Gasteiger partial charge in [0.15, 0.2) is 0 Å². The highest BCUT2D eigenvalue weighted by molar-refractivity contribution is 9.10. The zero-order chi connectivity index (χ0) is 20.8. The van der Waals surface area contributed by atoms with Crippen LogP contribution in [0.3, 0.4) is 0 Å². The Morgan fingerprint density at radius 1 is 1.28 bits per heavy atom. The molecule has 9 heteroatoms. The van der Waals surface area contributed by atoms with E-state index in [2.05, 4.69) is 15.9 Å². The number of sulfonamides is 1. The van der Waals surface area contributed by atoms with E-state index in [1.165, 1.54) is 28.3 Å². The minimum atomic E-state index is -3.77. The number of ether oxygens (including phenoxy) is 1. The monoisotopic (exact) mass is 482 g/mol. The number of amides is 1. The lowest BCUT2D eigenvalue weighted by Crippen LogP contribution is -2.54. The summed E-state index contributed by atoms with van der Waals surface area (Å²) >= 11 is 3.38. The zero-order valence-corrected chi connectivity index (χ0v) is 18.2. The molecule has 6 nitrogen and oxygen atoms in total. The predicted molar refractivity (Wildman–Crippen MR) is 110 cm³/mol. The van der Waals surface area contributed by atoms with Crippen LogP contribution in [0.15, 0.2) is 45.8 Å². The maximum atomic E-state index is 13.2. The quantitative estimate of drug-likeness (QED) is 0.656. The van der Waals surface area contributed by atoms with E-state index in [-0.39, 0.29) is 42.4 Å². The second-order valence-electron chi connectivity index (χ2n) is 7.22. The molecule has 1 amide bonds. The van der Waals surface area contributed by atoms with Gasteiger partial charge >= 0.3 is 0 Å². The van der Waals surface area contributed by atoms with Gasteiger partial charge in [-0.15, -0.1) is 0 Å². The Morgan fingerprint density at radius 2 is 2.03 bits per heavy atom. The van der Waals surface area contributed by atoms with Gasteiger partial charge in [-0.3, -0.25) is 4.79 Å². The number of carbonyl (C=O) groups excluding carboxylic acids is 1. The second kappa shape index (κ2) is 7.79. The van der Waals surface area contributed by atoms with Gasteiger partial charge in [-0.1, -0.05) is 28.1 Å². The molecule has 0 unspecified atom stereocenters. The van der Waals surface area contributed by atoms with Crippen LogP contribution in [-0.2, 0) is 32.6 Å². The Morgan fingerprint density at radius 3 is 2.72 bits per heavy atom. The van der Waals surface area contributed by atoms with E-state index in [0.717, 1.165) is 5.56 Å². The van der Waals surface area contributed by atoms with Crippen molar-refractivity contribution in [3.63, 3.8) is 0 Å². The molecule has 0 bridgehead atoms. The van der Waals surface area contributed by atoms with Crippen molar-refractivity contribution in [2.75, 3.05) is 24.5 Å². The average molecular weight is 483 g/mol. The standard InChI is InChI=1S/C20H20BrFN2O4S/c1-13(25)24-6-5-15-8-16(21)9-19(20(15)24)29(26,27)23-10-18(11-23)28-12-14-3-2-4-17(22)7-14/h2-4,7-9,18H,5-6,10-12H2,1H3. The first-order valence-electron chi connectivity index (χ1n) is 9.22. The van der Waals surface area contributed by atoms with Crippen LogP contribution < -0.4 is 4.90 Å². The second-order valence-corrected chi connectivity index (χ2v) is 10.0. The molecule has 2 aliphatic heterocycles. The molecule has 0 radical (unpaired) electrons. The van der Waals surface area contributed by atoms with Gasteiger partial charge in [0, 0.05) is 31.0 Å². The van der Waals surface area contributed by atoms with Crippen molar-refractivity contribution >= 4 is 37.5 Å². The number of halogens is 2. The van der Waals surface area contributed by atoms with Crippen molar-refractivity contribution in [3.05, 3.63) is 57.8 Å². The summed E-state index contributed by atoms with van der Waals surface area (Å²) < 4.78 is 47.4. The maximum absolute atomic E-state index is 13.2. The van der Waals surface area contributed by atoms with Crippen molar-refractivity contribution in [1.82, 2.24) is 4.31 Å². The van der Waals surface area contributed by atoms with Crippen LogP contribution in [-0.4, -0.2) is 44.4 Å². The summed E-state index contributed by atoms with van der Waals surface area (Å²) in [4.78, 5) is 13.6. The number of hydrogen-bond acceptors (Lipinski definition) is 4. The fourth-order valence-corrected chi connectivity index (χ4v) is 6.08. The number of benzene rings is 2. The van der Waals surface area contributed by atoms with Crippen molar-refractivity contribution in [1.29, 1.82) is 0 Å². The van der Waals surface area contributed by atoms with Crippen molar-refractivity contribution < 1.29 is 22.3 Å². The predicted octanol–water partition coefficient (Wildman–Crippen LogP) is 3.09.